The van der Waals surface area contributed by atoms with Crippen LogP contribution in [0, 0.1) is 0 Å². The van der Waals surface area contributed by atoms with Crippen molar-refractivity contribution < 1.29 is 0 Å². The molecule has 1 aromatic rings. The quantitative estimate of drug-likeness (QED) is 0.822. The van der Waals surface area contributed by atoms with Crippen molar-refractivity contribution in [1.29, 1.82) is 0 Å². The molecule has 1 atom stereocenters. The molecule has 1 aromatic carbocycles. The van der Waals surface area contributed by atoms with E-state index in [2.05, 4.69) is 22.1 Å². The molecule has 124 valence electrons. The molecule has 2 heterocycles. The Kier molecular flexibility index (Phi) is 8.36. The number of hydrogen-bond acceptors (Lipinski definition) is 4. The summed E-state index contributed by atoms with van der Waals surface area (Å²) >= 11 is 7.83. The zero-order chi connectivity index (χ0) is 13.9. The molecular formula is C15H22Cl3N3S. The first-order chi connectivity index (χ1) is 9.72. The van der Waals surface area contributed by atoms with Crippen molar-refractivity contribution in [3.05, 3.63) is 28.8 Å². The van der Waals surface area contributed by atoms with Crippen LogP contribution in [0.15, 0.2) is 23.2 Å². The largest absolute Gasteiger partial charge is 0.335 e. The summed E-state index contributed by atoms with van der Waals surface area (Å²) < 4.78 is 0. The number of amidine groups is 1. The molecule has 7 heteroatoms. The predicted molar refractivity (Wildman–Crippen MR) is 103 cm³/mol. The molecule has 3 rings (SSSR count). The van der Waals surface area contributed by atoms with Gasteiger partial charge in [-0.3, -0.25) is 9.89 Å². The van der Waals surface area contributed by atoms with Crippen LogP contribution in [0.3, 0.4) is 0 Å². The first-order valence-corrected chi connectivity index (χ1v) is 8.55. The van der Waals surface area contributed by atoms with E-state index in [0.29, 0.717) is 6.04 Å². The first-order valence-electron chi connectivity index (χ1n) is 7.19. The lowest BCUT2D eigenvalue weighted by atomic mass is 10.1. The zero-order valence-electron chi connectivity index (χ0n) is 12.5. The van der Waals surface area contributed by atoms with Gasteiger partial charge in [-0.15, -0.1) is 24.8 Å². The monoisotopic (exact) mass is 381 g/mol. The Balaban J connectivity index is 0.00000121. The summed E-state index contributed by atoms with van der Waals surface area (Å²) in [4.78, 5) is 7.18. The van der Waals surface area contributed by atoms with Crippen molar-refractivity contribution in [2.75, 3.05) is 24.2 Å². The van der Waals surface area contributed by atoms with Gasteiger partial charge in [0.1, 0.15) is 0 Å². The number of nitrogens with zero attached hydrogens (tertiary/aromatic N) is 2. The lowest BCUT2D eigenvalue weighted by Gasteiger charge is -2.24. The summed E-state index contributed by atoms with van der Waals surface area (Å²) in [7, 11) is 0. The summed E-state index contributed by atoms with van der Waals surface area (Å²) in [5.74, 6) is 1.09. The number of nitrogens with one attached hydrogen (secondary N) is 1. The van der Waals surface area contributed by atoms with Crippen LogP contribution >= 0.6 is 48.2 Å². The van der Waals surface area contributed by atoms with Gasteiger partial charge in [0, 0.05) is 22.5 Å². The Hall–Kier alpha value is -0.130. The van der Waals surface area contributed by atoms with Crippen LogP contribution in [0.25, 0.3) is 0 Å². The van der Waals surface area contributed by atoms with Crippen molar-refractivity contribution in [2.24, 2.45) is 4.99 Å². The molecule has 0 aliphatic carbocycles. The van der Waals surface area contributed by atoms with Crippen molar-refractivity contribution in [3.8, 4) is 0 Å². The number of benzene rings is 1. The first kappa shape index (κ1) is 19.9. The molecule has 2 aliphatic heterocycles. The van der Waals surface area contributed by atoms with Crippen LogP contribution in [0.1, 0.15) is 25.3 Å². The molecule has 2 aliphatic rings. The Morgan fingerprint density at radius 3 is 2.77 bits per heavy atom. The van der Waals surface area contributed by atoms with Gasteiger partial charge in [-0.25, -0.2) is 0 Å². The highest BCUT2D eigenvalue weighted by atomic mass is 35.5. The summed E-state index contributed by atoms with van der Waals surface area (Å²) in [6.45, 7) is 5.55. The fraction of sp³-hybridized carbons (Fsp3) is 0.533. The normalized spacial score (nSPS) is 18.4. The van der Waals surface area contributed by atoms with E-state index in [-0.39, 0.29) is 24.8 Å². The van der Waals surface area contributed by atoms with Crippen LogP contribution in [0.5, 0.6) is 0 Å². The molecule has 0 bridgehead atoms. The number of aliphatic imine (C=N–C) groups is 1. The van der Waals surface area contributed by atoms with Gasteiger partial charge in [0.2, 0.25) is 0 Å². The third-order valence-electron chi connectivity index (χ3n) is 3.93. The van der Waals surface area contributed by atoms with Crippen molar-refractivity contribution in [3.63, 3.8) is 0 Å². The SMILES string of the molecule is C[C@H](CSC1=NCc2cc(Cl)ccc2N1)N1CCCC1.Cl.Cl. The number of likely N-dealkylation sites (tertiary alicyclic amines) is 1. The van der Waals surface area contributed by atoms with E-state index in [1.807, 2.05) is 30.0 Å². The average Bonchev–Trinajstić information content (AvgIpc) is 2.99. The molecule has 1 saturated heterocycles. The molecule has 1 N–H and O–H groups in total. The summed E-state index contributed by atoms with van der Waals surface area (Å²) in [6.07, 6.45) is 2.70. The molecule has 22 heavy (non-hydrogen) atoms. The molecule has 0 saturated carbocycles. The zero-order valence-corrected chi connectivity index (χ0v) is 15.8. The minimum atomic E-state index is 0. The lowest BCUT2D eigenvalue weighted by molar-refractivity contribution is 0.280. The number of thioether (sulfide) groups is 1. The average molecular weight is 383 g/mol. The standard InChI is InChI=1S/C15H20ClN3S.2ClH/c1-11(19-6-2-3-7-19)10-20-15-17-9-12-8-13(16)4-5-14(12)18-15;;/h4-5,8,11H,2-3,6-7,9-10H2,1H3,(H,17,18);2*1H/t11-;;/m1../s1. The maximum absolute atomic E-state index is 6.00. The molecule has 1 fully saturated rings. The predicted octanol–water partition coefficient (Wildman–Crippen LogP) is 4.68. The second-order valence-corrected chi connectivity index (χ2v) is 6.90. The van der Waals surface area contributed by atoms with Crippen LogP contribution in [-0.4, -0.2) is 35.0 Å². The molecule has 0 spiro atoms. The minimum absolute atomic E-state index is 0. The van der Waals surface area contributed by atoms with Crippen molar-refractivity contribution >= 4 is 59.0 Å². The maximum atomic E-state index is 6.00. The second kappa shape index (κ2) is 9.24. The fourth-order valence-electron chi connectivity index (χ4n) is 2.70. The van der Waals surface area contributed by atoms with E-state index in [9.17, 15) is 0 Å². The van der Waals surface area contributed by atoms with Gasteiger partial charge in [0.05, 0.1) is 6.54 Å². The van der Waals surface area contributed by atoms with E-state index in [0.717, 1.165) is 28.2 Å². The van der Waals surface area contributed by atoms with E-state index in [4.69, 9.17) is 11.6 Å². The molecule has 3 nitrogen and oxygen atoms in total. The van der Waals surface area contributed by atoms with Crippen LogP contribution < -0.4 is 5.32 Å². The number of halogens is 3. The number of rotatable bonds is 3. The Morgan fingerprint density at radius 2 is 2.05 bits per heavy atom. The maximum Gasteiger partial charge on any atom is 0.161 e. The van der Waals surface area contributed by atoms with E-state index >= 15 is 0 Å². The third-order valence-corrected chi connectivity index (χ3v) is 5.32. The second-order valence-electron chi connectivity index (χ2n) is 5.45. The number of anilines is 1. The smallest absolute Gasteiger partial charge is 0.161 e. The minimum Gasteiger partial charge on any atom is -0.335 e. The van der Waals surface area contributed by atoms with Gasteiger partial charge in [0.25, 0.3) is 0 Å². The molecule has 0 aromatic heterocycles. The van der Waals surface area contributed by atoms with Gasteiger partial charge in [-0.2, -0.15) is 0 Å². The van der Waals surface area contributed by atoms with Crippen LogP contribution in [0.4, 0.5) is 5.69 Å². The van der Waals surface area contributed by atoms with E-state index in [1.54, 1.807) is 0 Å². The Morgan fingerprint density at radius 1 is 1.32 bits per heavy atom. The van der Waals surface area contributed by atoms with Crippen LogP contribution in [-0.2, 0) is 6.54 Å². The van der Waals surface area contributed by atoms with Crippen molar-refractivity contribution in [2.45, 2.75) is 32.4 Å². The summed E-state index contributed by atoms with van der Waals surface area (Å²) in [6, 6.07) is 6.57. The fourth-order valence-corrected chi connectivity index (χ4v) is 3.84. The highest BCUT2D eigenvalue weighted by Crippen LogP contribution is 2.27. The lowest BCUT2D eigenvalue weighted by Crippen LogP contribution is -2.32. The highest BCUT2D eigenvalue weighted by Gasteiger charge is 2.19. The number of fused-ring (bicyclic) bond motifs is 1. The highest BCUT2D eigenvalue weighted by molar-refractivity contribution is 8.14. The van der Waals surface area contributed by atoms with Gasteiger partial charge in [-0.1, -0.05) is 23.4 Å². The van der Waals surface area contributed by atoms with E-state index in [1.165, 1.54) is 31.5 Å². The topological polar surface area (TPSA) is 27.6 Å². The van der Waals surface area contributed by atoms with Gasteiger partial charge in [-0.05, 0) is 56.6 Å². The molecule has 0 amide bonds. The third kappa shape index (κ3) is 4.93. The summed E-state index contributed by atoms with van der Waals surface area (Å²) in [5, 5.41) is 5.22. The Labute approximate surface area is 154 Å². The molecular weight excluding hydrogens is 361 g/mol. The van der Waals surface area contributed by atoms with E-state index < -0.39 is 0 Å². The molecule has 0 radical (unpaired) electrons. The Bertz CT molecular complexity index is 519. The van der Waals surface area contributed by atoms with Crippen molar-refractivity contribution in [1.82, 2.24) is 4.90 Å². The van der Waals surface area contributed by atoms with Crippen LogP contribution in [0.2, 0.25) is 5.02 Å². The van der Waals surface area contributed by atoms with Gasteiger partial charge < -0.3 is 5.32 Å². The van der Waals surface area contributed by atoms with Gasteiger partial charge in [0.15, 0.2) is 5.17 Å². The number of hydrogen-bond donors (Lipinski definition) is 1. The molecule has 0 unspecified atom stereocenters. The van der Waals surface area contributed by atoms with Gasteiger partial charge >= 0.3 is 0 Å². The summed E-state index contributed by atoms with van der Waals surface area (Å²) in [5.41, 5.74) is 2.31.